The first-order valence-electron chi connectivity index (χ1n) is 2.02. The van der Waals surface area contributed by atoms with E-state index >= 15 is 0 Å². The maximum absolute atomic E-state index is 9.83. The topological polar surface area (TPSA) is 111 Å². The molecule has 0 fully saturated rings. The minimum absolute atomic E-state index is 0. The minimum atomic E-state index is -0.705. The molecule has 7 nitrogen and oxygen atoms in total. The molecule has 0 saturated carbocycles. The number of nitrogens with two attached hydrogens (primary N) is 1. The summed E-state index contributed by atoms with van der Waals surface area (Å²) in [6.45, 7) is 0. The number of anilines is 1. The van der Waals surface area contributed by atoms with Crippen molar-refractivity contribution in [2.45, 2.75) is 0 Å². The van der Waals surface area contributed by atoms with Crippen LogP contribution < -0.4 is 35.3 Å². The van der Waals surface area contributed by atoms with Gasteiger partial charge in [0.05, 0.1) is 0 Å². The van der Waals surface area contributed by atoms with Crippen molar-refractivity contribution >= 4 is 11.9 Å². The first-order chi connectivity index (χ1) is 4.20. The third kappa shape index (κ3) is 1.94. The molecule has 0 spiro atoms. The molecule has 0 atom stereocenters. The molecule has 0 amide bonds. The Morgan fingerprint density at radius 1 is 1.70 bits per heavy atom. The first kappa shape index (κ1) is 9.34. The van der Waals surface area contributed by atoms with Crippen LogP contribution in [0.4, 0.5) is 11.9 Å². The number of nitro groups is 1. The molecule has 3 N–H and O–H groups in total. The number of H-pyrrole nitrogens is 1. The van der Waals surface area contributed by atoms with Crippen molar-refractivity contribution in [3.05, 3.63) is 10.1 Å². The van der Waals surface area contributed by atoms with E-state index in [-0.39, 0.29) is 35.5 Å². The van der Waals surface area contributed by atoms with Gasteiger partial charge in [0.25, 0.3) is 0 Å². The van der Waals surface area contributed by atoms with Gasteiger partial charge in [0.1, 0.15) is 0 Å². The first-order valence-corrected chi connectivity index (χ1v) is 2.02. The fraction of sp³-hybridized carbons (Fsp3) is 0. The average Bonchev–Trinajstić information content (AvgIpc) is 2.14. The van der Waals surface area contributed by atoms with E-state index in [9.17, 15) is 10.1 Å². The number of aromatic nitrogens is 3. The van der Waals surface area contributed by atoms with Crippen molar-refractivity contribution in [1.82, 2.24) is 15.2 Å². The van der Waals surface area contributed by atoms with Crippen LogP contribution in [0.3, 0.4) is 0 Å². The van der Waals surface area contributed by atoms with E-state index in [1.54, 1.807) is 0 Å². The van der Waals surface area contributed by atoms with Crippen molar-refractivity contribution in [3.63, 3.8) is 0 Å². The van der Waals surface area contributed by atoms with Crippen LogP contribution in [0.25, 0.3) is 0 Å². The van der Waals surface area contributed by atoms with Gasteiger partial charge in [0.2, 0.25) is 0 Å². The number of nitrogen functional groups attached to an aromatic ring is 1. The fourth-order valence-corrected chi connectivity index (χ4v) is 0.347. The van der Waals surface area contributed by atoms with Crippen LogP contribution in [0.2, 0.25) is 0 Å². The molecular weight excluding hydrogens is 149 g/mol. The molecule has 0 saturated heterocycles. The van der Waals surface area contributed by atoms with Crippen molar-refractivity contribution in [2.75, 3.05) is 5.73 Å². The van der Waals surface area contributed by atoms with Crippen LogP contribution in [0.15, 0.2) is 0 Å². The summed E-state index contributed by atoms with van der Waals surface area (Å²) in [5, 5.41) is 15.1. The molecule has 0 aliphatic rings. The summed E-state index contributed by atoms with van der Waals surface area (Å²) < 4.78 is 0. The van der Waals surface area contributed by atoms with Crippen LogP contribution in [0, 0.1) is 10.1 Å². The summed E-state index contributed by atoms with van der Waals surface area (Å²) in [7, 11) is 0. The number of nitrogens with one attached hydrogen (secondary N) is 1. The molecule has 0 radical (unpaired) electrons. The molecule has 0 aromatic carbocycles. The second-order valence-corrected chi connectivity index (χ2v) is 1.27. The smallest absolute Gasteiger partial charge is 0.390 e. The Morgan fingerprint density at radius 2 is 2.30 bits per heavy atom. The maximum atomic E-state index is 9.83. The fourth-order valence-electron chi connectivity index (χ4n) is 0.347. The largest absolute Gasteiger partial charge is 1.00 e. The van der Waals surface area contributed by atoms with E-state index in [2.05, 4.69) is 10.1 Å². The van der Waals surface area contributed by atoms with Gasteiger partial charge >= 0.3 is 41.5 Å². The normalized spacial score (nSPS) is 8.40. The van der Waals surface area contributed by atoms with Gasteiger partial charge < -0.3 is 15.8 Å². The molecule has 0 unspecified atom stereocenters. The number of hydrogen-bond acceptors (Lipinski definition) is 5. The predicted octanol–water partition coefficient (Wildman–Crippen LogP) is -3.70. The van der Waals surface area contributed by atoms with E-state index in [0.717, 1.165) is 0 Å². The molecular formula is C2H3N5NaO2+. The van der Waals surface area contributed by atoms with Gasteiger partial charge in [-0.05, 0) is 9.91 Å². The zero-order valence-electron chi connectivity index (χ0n) is 5.24. The van der Waals surface area contributed by atoms with Gasteiger partial charge in [-0.1, -0.05) is 5.10 Å². The van der Waals surface area contributed by atoms with Gasteiger partial charge in [0, 0.05) is 0 Å². The molecule has 1 heterocycles. The van der Waals surface area contributed by atoms with E-state index in [4.69, 9.17) is 5.73 Å². The molecule has 8 heteroatoms. The van der Waals surface area contributed by atoms with Gasteiger partial charge in [-0.15, -0.1) is 5.10 Å². The molecule has 10 heavy (non-hydrogen) atoms. The average molecular weight is 152 g/mol. The number of hydrogen-bond donors (Lipinski definition) is 2. The molecule has 48 valence electrons. The maximum Gasteiger partial charge on any atom is 1.00 e. The van der Waals surface area contributed by atoms with Gasteiger partial charge in [-0.3, -0.25) is 0 Å². The van der Waals surface area contributed by atoms with Gasteiger partial charge in [0.15, 0.2) is 0 Å². The Balaban J connectivity index is 0.000000810. The number of aromatic amines is 1. The second-order valence-electron chi connectivity index (χ2n) is 1.27. The van der Waals surface area contributed by atoms with Crippen LogP contribution in [-0.2, 0) is 0 Å². The summed E-state index contributed by atoms with van der Waals surface area (Å²) in [4.78, 5) is 12.3. The Morgan fingerprint density at radius 3 is 2.50 bits per heavy atom. The third-order valence-electron chi connectivity index (χ3n) is 0.664. The molecule has 0 bridgehead atoms. The van der Waals surface area contributed by atoms with Crippen molar-refractivity contribution in [1.29, 1.82) is 0 Å². The molecule has 1 aromatic heterocycles. The van der Waals surface area contributed by atoms with E-state index in [0.29, 0.717) is 0 Å². The summed E-state index contributed by atoms with van der Waals surface area (Å²) in [5.41, 5.74) is 4.96. The number of nitrogens with zero attached hydrogens (tertiary/aromatic N) is 3. The quantitative estimate of drug-likeness (QED) is 0.244. The SMILES string of the molecule is Nc1n[nH]c([N+](=O)[O-])n1.[Na+]. The standard InChI is InChI=1S/C2H3N5O2.Na/c3-1-4-2(6-5-1)7(8)9;/h(H3,3,4,5,6);/q;+1. The molecule has 1 aromatic rings. The predicted molar refractivity (Wildman–Crippen MR) is 27.4 cm³/mol. The zero-order valence-corrected chi connectivity index (χ0v) is 7.24. The van der Waals surface area contributed by atoms with Crippen LogP contribution in [-0.4, -0.2) is 20.1 Å². The summed E-state index contributed by atoms with van der Waals surface area (Å²) in [6.07, 6.45) is 0. The Hall–Kier alpha value is -0.660. The van der Waals surface area contributed by atoms with Crippen LogP contribution in [0.5, 0.6) is 0 Å². The Kier molecular flexibility index (Phi) is 3.26. The zero-order chi connectivity index (χ0) is 6.85. The summed E-state index contributed by atoms with van der Waals surface area (Å²) in [6, 6.07) is 0. The Bertz CT molecular complexity index is 233. The van der Waals surface area contributed by atoms with Crippen LogP contribution >= 0.6 is 0 Å². The molecule has 0 aliphatic carbocycles. The van der Waals surface area contributed by atoms with Crippen molar-refractivity contribution < 1.29 is 34.5 Å². The van der Waals surface area contributed by atoms with Crippen LogP contribution in [0.1, 0.15) is 0 Å². The van der Waals surface area contributed by atoms with E-state index in [1.165, 1.54) is 0 Å². The van der Waals surface area contributed by atoms with E-state index in [1.807, 2.05) is 5.10 Å². The van der Waals surface area contributed by atoms with Crippen molar-refractivity contribution in [2.24, 2.45) is 0 Å². The van der Waals surface area contributed by atoms with Crippen molar-refractivity contribution in [3.8, 4) is 0 Å². The third-order valence-corrected chi connectivity index (χ3v) is 0.664. The van der Waals surface area contributed by atoms with Gasteiger partial charge in [-0.25, -0.2) is 0 Å². The Labute approximate surface area is 77.5 Å². The summed E-state index contributed by atoms with van der Waals surface area (Å²) >= 11 is 0. The molecule has 1 rings (SSSR count). The van der Waals surface area contributed by atoms with Gasteiger partial charge in [-0.2, -0.15) is 0 Å². The second kappa shape index (κ2) is 3.49. The number of rotatable bonds is 1. The monoisotopic (exact) mass is 152 g/mol. The minimum Gasteiger partial charge on any atom is -0.390 e. The molecule has 0 aliphatic heterocycles. The van der Waals surface area contributed by atoms with E-state index < -0.39 is 10.9 Å². The summed E-state index contributed by atoms with van der Waals surface area (Å²) in [5.74, 6) is -0.561.